The molecule has 0 aromatic heterocycles. The Bertz CT molecular complexity index is 1220. The molecule has 0 radical (unpaired) electrons. The van der Waals surface area contributed by atoms with Gasteiger partial charge in [-0.05, 0) is 89.9 Å². The Kier molecular flexibility index (Phi) is 38.1. The maximum Gasteiger partial charge on any atom is 0.472 e. The summed E-state index contributed by atoms with van der Waals surface area (Å²) in [6.45, 7) is 4.30. The highest BCUT2D eigenvalue weighted by Gasteiger charge is 2.27. The molecule has 10 heteroatoms. The van der Waals surface area contributed by atoms with Gasteiger partial charge in [0.05, 0.1) is 27.7 Å². The van der Waals surface area contributed by atoms with E-state index < -0.39 is 32.5 Å². The van der Waals surface area contributed by atoms with Crippen molar-refractivity contribution in [3.63, 3.8) is 0 Å². The second-order valence-electron chi connectivity index (χ2n) is 16.1. The average molecular weight is 835 g/mol. The van der Waals surface area contributed by atoms with Crippen LogP contribution < -0.4 is 0 Å². The van der Waals surface area contributed by atoms with Gasteiger partial charge in [-0.1, -0.05) is 138 Å². The maximum absolute atomic E-state index is 12.7. The van der Waals surface area contributed by atoms with Crippen molar-refractivity contribution in [2.24, 2.45) is 0 Å². The minimum absolute atomic E-state index is 0.0195. The van der Waals surface area contributed by atoms with Crippen LogP contribution in [0.5, 0.6) is 0 Å². The van der Waals surface area contributed by atoms with Crippen LogP contribution in [0.25, 0.3) is 0 Å². The van der Waals surface area contributed by atoms with Crippen molar-refractivity contribution in [1.82, 2.24) is 0 Å². The summed E-state index contributed by atoms with van der Waals surface area (Å²) in [4.78, 5) is 35.4. The van der Waals surface area contributed by atoms with Crippen LogP contribution in [0.3, 0.4) is 0 Å². The van der Waals surface area contributed by atoms with E-state index in [-0.39, 0.29) is 26.1 Å². The number of hydrogen-bond acceptors (Lipinski definition) is 7. The lowest BCUT2D eigenvalue weighted by molar-refractivity contribution is -0.870. The molecule has 9 nitrogen and oxygen atoms in total. The van der Waals surface area contributed by atoms with E-state index >= 15 is 0 Å². The summed E-state index contributed by atoms with van der Waals surface area (Å²) >= 11 is 0. The number of carbonyl (C=O) groups excluding carboxylic acids is 2. The van der Waals surface area contributed by atoms with Crippen molar-refractivity contribution in [2.45, 2.75) is 174 Å². The van der Waals surface area contributed by atoms with E-state index in [0.29, 0.717) is 23.9 Å². The third kappa shape index (κ3) is 43.0. The fourth-order valence-corrected chi connectivity index (χ4v) is 6.36. The van der Waals surface area contributed by atoms with Gasteiger partial charge in [0.15, 0.2) is 6.10 Å². The molecule has 0 saturated carbocycles. The fourth-order valence-electron chi connectivity index (χ4n) is 5.61. The lowest BCUT2D eigenvalue weighted by Crippen LogP contribution is -2.37. The van der Waals surface area contributed by atoms with E-state index in [2.05, 4.69) is 86.8 Å². The summed E-state index contributed by atoms with van der Waals surface area (Å²) in [7, 11) is 1.44. The molecule has 0 spiro atoms. The van der Waals surface area contributed by atoms with Gasteiger partial charge >= 0.3 is 19.8 Å². The first-order valence-electron chi connectivity index (χ1n) is 22.7. The van der Waals surface area contributed by atoms with Gasteiger partial charge in [0.2, 0.25) is 0 Å². The van der Waals surface area contributed by atoms with Gasteiger partial charge in [-0.25, -0.2) is 4.57 Å². The number of rotatable bonds is 40. The molecule has 0 rings (SSSR count). The molecular weight excluding hydrogens is 750 g/mol. The lowest BCUT2D eigenvalue weighted by Gasteiger charge is -2.24. The Balaban J connectivity index is 4.45. The predicted molar refractivity (Wildman–Crippen MR) is 242 cm³/mol. The van der Waals surface area contributed by atoms with E-state index in [4.69, 9.17) is 18.5 Å². The van der Waals surface area contributed by atoms with Gasteiger partial charge in [0.1, 0.15) is 19.8 Å². The number of nitrogens with zero attached hydrogens (tertiary/aromatic N) is 1. The minimum Gasteiger partial charge on any atom is -0.462 e. The van der Waals surface area contributed by atoms with Gasteiger partial charge in [-0.15, -0.1) is 0 Å². The van der Waals surface area contributed by atoms with Gasteiger partial charge in [0, 0.05) is 12.8 Å². The highest BCUT2D eigenvalue weighted by atomic mass is 31.2. The van der Waals surface area contributed by atoms with E-state index in [1.54, 1.807) is 0 Å². The zero-order valence-electron chi connectivity index (χ0n) is 37.5. The minimum atomic E-state index is -4.39. The monoisotopic (exact) mass is 835 g/mol. The normalized spacial score (nSPS) is 14.2. The number of ether oxygens (including phenoxy) is 2. The zero-order valence-corrected chi connectivity index (χ0v) is 38.4. The molecule has 0 aliphatic carbocycles. The molecule has 0 aliphatic heterocycles. The molecule has 0 amide bonds. The molecule has 1 N–H and O–H groups in total. The van der Waals surface area contributed by atoms with Crippen LogP contribution in [-0.2, 0) is 32.7 Å². The molecule has 0 bridgehead atoms. The molecule has 0 saturated heterocycles. The van der Waals surface area contributed by atoms with Crippen molar-refractivity contribution in [3.8, 4) is 0 Å². The lowest BCUT2D eigenvalue weighted by atomic mass is 10.1. The molecule has 2 unspecified atom stereocenters. The van der Waals surface area contributed by atoms with Crippen LogP contribution in [0.2, 0.25) is 0 Å². The second kappa shape index (κ2) is 39.9. The number of phosphoric ester groups is 1. The highest BCUT2D eigenvalue weighted by molar-refractivity contribution is 7.47. The van der Waals surface area contributed by atoms with E-state index in [1.165, 1.54) is 51.4 Å². The molecule has 58 heavy (non-hydrogen) atoms. The van der Waals surface area contributed by atoms with Gasteiger partial charge in [-0.3, -0.25) is 18.6 Å². The first-order valence-corrected chi connectivity index (χ1v) is 24.2. The van der Waals surface area contributed by atoms with Crippen LogP contribution in [0, 0.1) is 0 Å². The topological polar surface area (TPSA) is 108 Å². The highest BCUT2D eigenvalue weighted by Crippen LogP contribution is 2.43. The summed E-state index contributed by atoms with van der Waals surface area (Å²) in [6, 6.07) is 0. The number of esters is 2. The SMILES string of the molecule is CCCCC/C=C/C/C=C/C/C=C/CCCCCCC(=O)OCC(COP(=O)(O)OCC[N+](C)(C)C)OC(=O)CCCCCC/C=C/C/C=C/C/C=C/CCCCC. The molecule has 0 aliphatic rings. The number of likely N-dealkylation sites (N-methyl/N-ethyl adjacent to an activating group) is 1. The summed E-state index contributed by atoms with van der Waals surface area (Å²) in [6.07, 6.45) is 49.4. The Morgan fingerprint density at radius 2 is 0.931 bits per heavy atom. The molecule has 0 aromatic carbocycles. The Morgan fingerprint density at radius 1 is 0.534 bits per heavy atom. The summed E-state index contributed by atoms with van der Waals surface area (Å²) in [5, 5.41) is 0. The number of allylic oxidation sites excluding steroid dienone is 12. The van der Waals surface area contributed by atoms with E-state index in [9.17, 15) is 19.0 Å². The van der Waals surface area contributed by atoms with Crippen LogP contribution >= 0.6 is 7.82 Å². The quantitative estimate of drug-likeness (QED) is 0.0214. The molecule has 0 fully saturated rings. The summed E-state index contributed by atoms with van der Waals surface area (Å²) < 4.78 is 34.3. The van der Waals surface area contributed by atoms with Crippen molar-refractivity contribution < 1.29 is 42.1 Å². The zero-order chi connectivity index (χ0) is 42.8. The third-order valence-electron chi connectivity index (χ3n) is 9.21. The van der Waals surface area contributed by atoms with Gasteiger partial charge in [-0.2, -0.15) is 0 Å². The van der Waals surface area contributed by atoms with Gasteiger partial charge < -0.3 is 18.9 Å². The van der Waals surface area contributed by atoms with Crippen LogP contribution in [0.1, 0.15) is 168 Å². The number of hydrogen-bond donors (Lipinski definition) is 1. The Morgan fingerprint density at radius 3 is 1.36 bits per heavy atom. The third-order valence-corrected chi connectivity index (χ3v) is 10.2. The van der Waals surface area contributed by atoms with E-state index in [0.717, 1.165) is 77.0 Å². The maximum atomic E-state index is 12.7. The first-order chi connectivity index (χ1) is 28.0. The summed E-state index contributed by atoms with van der Waals surface area (Å²) in [5.74, 6) is -0.855. The Hall–Kier alpha value is -2.55. The van der Waals surface area contributed by atoms with Crippen LogP contribution in [-0.4, -0.2) is 74.9 Å². The molecular formula is C48H85NO8P+. The summed E-state index contributed by atoms with van der Waals surface area (Å²) in [5.41, 5.74) is 0. The molecule has 0 aromatic rings. The molecule has 334 valence electrons. The van der Waals surface area contributed by atoms with Crippen molar-refractivity contribution >= 4 is 19.8 Å². The average Bonchev–Trinajstić information content (AvgIpc) is 3.17. The number of unbranched alkanes of at least 4 members (excludes halogenated alkanes) is 14. The number of carbonyl (C=O) groups is 2. The standard InChI is InChI=1S/C48H84NO8P/c1-6-8-10-12-14-16-18-20-22-24-26-28-30-32-34-36-38-40-47(50)54-44-46(45-56-58(52,53)55-43-42-49(3,4)5)57-48(51)41-39-37-35-33-31-29-27-25-23-21-19-17-15-13-11-9-7-2/h14-17,20-23,26-29,46H,6-13,18-19,24-25,30-45H2,1-5H3/p+1/b16-14+,17-15+,22-20+,23-21+,28-26+,29-27+. The smallest absolute Gasteiger partial charge is 0.462 e. The fraction of sp³-hybridized carbons (Fsp3) is 0.708. The predicted octanol–water partition coefficient (Wildman–Crippen LogP) is 13.0. The molecule has 2 atom stereocenters. The van der Waals surface area contributed by atoms with Crippen LogP contribution in [0.15, 0.2) is 72.9 Å². The van der Waals surface area contributed by atoms with E-state index in [1.807, 2.05) is 21.1 Å². The van der Waals surface area contributed by atoms with Crippen LogP contribution in [0.4, 0.5) is 0 Å². The second-order valence-corrected chi connectivity index (χ2v) is 17.5. The van der Waals surface area contributed by atoms with Crippen molar-refractivity contribution in [2.75, 3.05) is 47.5 Å². The number of quaternary nitrogens is 1. The first kappa shape index (κ1) is 55.5. The molecule has 0 heterocycles. The number of phosphoric acid groups is 1. The van der Waals surface area contributed by atoms with Crippen molar-refractivity contribution in [1.29, 1.82) is 0 Å². The largest absolute Gasteiger partial charge is 0.472 e. The van der Waals surface area contributed by atoms with Crippen molar-refractivity contribution in [3.05, 3.63) is 72.9 Å². The van der Waals surface area contributed by atoms with Gasteiger partial charge in [0.25, 0.3) is 0 Å². The Labute approximate surface area is 355 Å².